The molecule has 39 heavy (non-hydrogen) atoms. The van der Waals surface area contributed by atoms with Gasteiger partial charge in [-0.3, -0.25) is 14.4 Å². The van der Waals surface area contributed by atoms with Crippen molar-refractivity contribution in [3.05, 3.63) is 71.8 Å². The number of Topliss-reactive ketones (excluding diaryl/α,β-unsaturated/α-hetero) is 1. The summed E-state index contributed by atoms with van der Waals surface area (Å²) in [5.41, 5.74) is 2.20. The monoisotopic (exact) mass is 529 g/mol. The number of benzene rings is 1. The standard InChI is InChI=1S/C28H31N7O4/c1-18-16-33(12-13-34(18)27(37)19-8-6-5-7-9-19)28(38)25(36)21-14-29-24-23(21)22(39-4)15-30-26(24)35-11-10-20(31-35)17-32(2)3/h5-11,14-15,18,29H,12-13,16-17H2,1-4H3. The van der Waals surface area contributed by atoms with Crippen molar-refractivity contribution in [1.29, 1.82) is 0 Å². The SMILES string of the molecule is COc1cnc(-n2ccc(CN(C)C)n2)c2[nH]cc(C(=O)C(=O)N3CCN(C(=O)c4ccccc4)C(C)C3)c12. The molecule has 1 atom stereocenters. The number of nitrogens with one attached hydrogen (secondary N) is 1. The summed E-state index contributed by atoms with van der Waals surface area (Å²) in [5.74, 6) is -0.499. The molecule has 4 heterocycles. The predicted molar refractivity (Wildman–Crippen MR) is 145 cm³/mol. The second-order valence-corrected chi connectivity index (χ2v) is 9.89. The Balaban J connectivity index is 1.38. The van der Waals surface area contributed by atoms with Crippen LogP contribution in [0.3, 0.4) is 0 Å². The van der Waals surface area contributed by atoms with E-state index in [2.05, 4.69) is 15.1 Å². The summed E-state index contributed by atoms with van der Waals surface area (Å²) < 4.78 is 7.15. The Morgan fingerprint density at radius 2 is 1.90 bits per heavy atom. The Hall–Kier alpha value is -4.51. The van der Waals surface area contributed by atoms with Crippen LogP contribution in [0.2, 0.25) is 0 Å². The van der Waals surface area contributed by atoms with Gasteiger partial charge >= 0.3 is 0 Å². The lowest BCUT2D eigenvalue weighted by molar-refractivity contribution is -0.128. The third-order valence-electron chi connectivity index (χ3n) is 6.85. The minimum Gasteiger partial charge on any atom is -0.494 e. The number of pyridine rings is 1. The van der Waals surface area contributed by atoms with Crippen LogP contribution in [-0.2, 0) is 11.3 Å². The van der Waals surface area contributed by atoms with Crippen LogP contribution in [0.5, 0.6) is 5.75 Å². The zero-order valence-corrected chi connectivity index (χ0v) is 22.4. The predicted octanol–water partition coefficient (Wildman–Crippen LogP) is 2.37. The molecule has 1 aliphatic heterocycles. The number of hydrogen-bond acceptors (Lipinski definition) is 7. The number of nitrogens with zero attached hydrogens (tertiary/aromatic N) is 6. The lowest BCUT2D eigenvalue weighted by Crippen LogP contribution is -2.56. The molecule has 5 rings (SSSR count). The normalized spacial score (nSPS) is 15.7. The number of amides is 2. The van der Waals surface area contributed by atoms with Crippen molar-refractivity contribution in [2.75, 3.05) is 40.8 Å². The Bertz CT molecular complexity index is 1530. The Morgan fingerprint density at radius 3 is 2.59 bits per heavy atom. The van der Waals surface area contributed by atoms with Gasteiger partial charge in [0.2, 0.25) is 0 Å². The van der Waals surface area contributed by atoms with Gasteiger partial charge in [-0.2, -0.15) is 5.10 Å². The van der Waals surface area contributed by atoms with Gasteiger partial charge in [-0.15, -0.1) is 0 Å². The number of ether oxygens (including phenoxy) is 1. The minimum atomic E-state index is -0.652. The number of carbonyl (C=O) groups excluding carboxylic acids is 3. The maximum atomic E-state index is 13.5. The largest absolute Gasteiger partial charge is 0.494 e. The lowest BCUT2D eigenvalue weighted by Gasteiger charge is -2.39. The molecule has 1 aliphatic rings. The molecule has 2 amide bonds. The molecule has 0 bridgehead atoms. The van der Waals surface area contributed by atoms with Crippen molar-refractivity contribution in [2.45, 2.75) is 19.5 Å². The van der Waals surface area contributed by atoms with E-state index >= 15 is 0 Å². The zero-order valence-electron chi connectivity index (χ0n) is 22.4. The number of fused-ring (bicyclic) bond motifs is 1. The molecule has 1 aromatic carbocycles. The average Bonchev–Trinajstić information content (AvgIpc) is 3.59. The van der Waals surface area contributed by atoms with Crippen LogP contribution in [0.15, 0.2) is 55.0 Å². The fourth-order valence-electron chi connectivity index (χ4n) is 4.95. The second kappa shape index (κ2) is 10.7. The van der Waals surface area contributed by atoms with Crippen molar-refractivity contribution >= 4 is 28.5 Å². The molecule has 1 unspecified atom stereocenters. The summed E-state index contributed by atoms with van der Waals surface area (Å²) in [5, 5.41) is 5.07. The highest BCUT2D eigenvalue weighted by molar-refractivity contribution is 6.45. The average molecular weight is 530 g/mol. The highest BCUT2D eigenvalue weighted by atomic mass is 16.5. The van der Waals surface area contributed by atoms with Crippen molar-refractivity contribution in [3.63, 3.8) is 0 Å². The first-order valence-electron chi connectivity index (χ1n) is 12.7. The Labute approximate surface area is 226 Å². The van der Waals surface area contributed by atoms with E-state index in [9.17, 15) is 14.4 Å². The number of H-pyrrole nitrogens is 1. The smallest absolute Gasteiger partial charge is 0.295 e. The first-order valence-corrected chi connectivity index (χ1v) is 12.7. The molecule has 11 nitrogen and oxygen atoms in total. The maximum Gasteiger partial charge on any atom is 0.295 e. The van der Waals surface area contributed by atoms with E-state index in [-0.39, 0.29) is 30.6 Å². The lowest BCUT2D eigenvalue weighted by atomic mass is 10.1. The highest BCUT2D eigenvalue weighted by Crippen LogP contribution is 2.32. The van der Waals surface area contributed by atoms with E-state index in [1.807, 2.05) is 50.2 Å². The van der Waals surface area contributed by atoms with E-state index in [1.54, 1.807) is 27.9 Å². The molecule has 3 aromatic heterocycles. The number of hydrogen-bond donors (Lipinski definition) is 1. The van der Waals surface area contributed by atoms with Crippen LogP contribution < -0.4 is 4.74 Å². The molecule has 0 radical (unpaired) electrons. The molecule has 0 aliphatic carbocycles. The number of piperazine rings is 1. The summed E-state index contributed by atoms with van der Waals surface area (Å²) in [4.78, 5) is 52.7. The summed E-state index contributed by atoms with van der Waals surface area (Å²) in [6.45, 7) is 3.41. The quantitative estimate of drug-likeness (QED) is 0.289. The van der Waals surface area contributed by atoms with Crippen LogP contribution >= 0.6 is 0 Å². The highest BCUT2D eigenvalue weighted by Gasteiger charge is 2.34. The molecule has 4 aromatic rings. The van der Waals surface area contributed by atoms with Gasteiger partial charge in [0.05, 0.1) is 35.5 Å². The van der Waals surface area contributed by atoms with Crippen molar-refractivity contribution in [2.24, 2.45) is 0 Å². The molecule has 0 saturated carbocycles. The van der Waals surface area contributed by atoms with Crippen molar-refractivity contribution < 1.29 is 19.1 Å². The van der Waals surface area contributed by atoms with Gasteiger partial charge in [0.1, 0.15) is 5.75 Å². The van der Waals surface area contributed by atoms with Crippen LogP contribution in [0.25, 0.3) is 16.7 Å². The van der Waals surface area contributed by atoms with E-state index < -0.39 is 11.7 Å². The van der Waals surface area contributed by atoms with Crippen LogP contribution in [0.1, 0.15) is 33.3 Å². The number of aromatic nitrogens is 4. The first kappa shape index (κ1) is 26.1. The van der Waals surface area contributed by atoms with E-state index in [4.69, 9.17) is 4.74 Å². The second-order valence-electron chi connectivity index (χ2n) is 9.89. The van der Waals surface area contributed by atoms with Crippen LogP contribution in [-0.4, -0.2) is 98.9 Å². The Morgan fingerprint density at radius 1 is 1.13 bits per heavy atom. The van der Waals surface area contributed by atoms with Gasteiger partial charge < -0.3 is 24.4 Å². The van der Waals surface area contributed by atoms with Gasteiger partial charge in [0, 0.05) is 50.2 Å². The molecule has 1 N–H and O–H groups in total. The number of ketones is 1. The Kier molecular flexibility index (Phi) is 7.16. The zero-order chi connectivity index (χ0) is 27.7. The summed E-state index contributed by atoms with van der Waals surface area (Å²) in [7, 11) is 5.42. The van der Waals surface area contributed by atoms with E-state index in [0.717, 1.165) is 5.69 Å². The third-order valence-corrected chi connectivity index (χ3v) is 6.85. The third kappa shape index (κ3) is 5.00. The van der Waals surface area contributed by atoms with E-state index in [0.29, 0.717) is 41.1 Å². The van der Waals surface area contributed by atoms with Gasteiger partial charge in [-0.1, -0.05) is 18.2 Å². The molecule has 11 heteroatoms. The summed E-state index contributed by atoms with van der Waals surface area (Å²) in [6, 6.07) is 10.7. The van der Waals surface area contributed by atoms with Gasteiger partial charge in [0.25, 0.3) is 17.6 Å². The molecular weight excluding hydrogens is 498 g/mol. The van der Waals surface area contributed by atoms with Crippen LogP contribution in [0.4, 0.5) is 0 Å². The maximum absolute atomic E-state index is 13.5. The first-order chi connectivity index (χ1) is 18.8. The fourth-order valence-corrected chi connectivity index (χ4v) is 4.95. The summed E-state index contributed by atoms with van der Waals surface area (Å²) >= 11 is 0. The van der Waals surface area contributed by atoms with Crippen molar-refractivity contribution in [1.82, 2.24) is 34.4 Å². The fraction of sp³-hybridized carbons (Fsp3) is 0.321. The van der Waals surface area contributed by atoms with Crippen molar-refractivity contribution in [3.8, 4) is 11.6 Å². The summed E-state index contributed by atoms with van der Waals surface area (Å²) in [6.07, 6.45) is 4.84. The van der Waals surface area contributed by atoms with Gasteiger partial charge in [-0.25, -0.2) is 9.67 Å². The van der Waals surface area contributed by atoms with E-state index in [1.165, 1.54) is 24.4 Å². The van der Waals surface area contributed by atoms with Crippen LogP contribution in [0, 0.1) is 0 Å². The minimum absolute atomic E-state index is 0.0877. The van der Waals surface area contributed by atoms with Gasteiger partial charge in [-0.05, 0) is 39.2 Å². The number of aromatic amines is 1. The molecule has 0 spiro atoms. The molecule has 202 valence electrons. The number of methoxy groups -OCH3 is 1. The van der Waals surface area contributed by atoms with Gasteiger partial charge in [0.15, 0.2) is 5.82 Å². The number of rotatable bonds is 7. The number of carbonyl (C=O) groups is 3. The topological polar surface area (TPSA) is 117 Å². The molecule has 1 saturated heterocycles. The molecule has 1 fully saturated rings. The molecular formula is C28H31N7O4.